The molecular formula is C15H16N2O3S2. The Hall–Kier alpha value is -1.73. The number of hydrogen-bond acceptors (Lipinski definition) is 5. The zero-order valence-corrected chi connectivity index (χ0v) is 13.7. The van der Waals surface area contributed by atoms with E-state index in [1.165, 1.54) is 11.3 Å². The molecule has 22 heavy (non-hydrogen) atoms. The van der Waals surface area contributed by atoms with Crippen molar-refractivity contribution in [1.29, 1.82) is 0 Å². The summed E-state index contributed by atoms with van der Waals surface area (Å²) in [7, 11) is -3.05. The second-order valence-electron chi connectivity index (χ2n) is 5.76. The fourth-order valence-electron chi connectivity index (χ4n) is 2.54. The molecule has 0 saturated carbocycles. The molecule has 116 valence electrons. The Morgan fingerprint density at radius 3 is 2.68 bits per heavy atom. The molecule has 0 radical (unpaired) electrons. The zero-order valence-electron chi connectivity index (χ0n) is 12.1. The second-order valence-corrected chi connectivity index (χ2v) is 8.80. The summed E-state index contributed by atoms with van der Waals surface area (Å²) in [6, 6.07) is 9.63. The number of nitrogens with one attached hydrogen (secondary N) is 1. The molecule has 7 heteroatoms. The highest BCUT2D eigenvalue weighted by molar-refractivity contribution is 7.91. The van der Waals surface area contributed by atoms with E-state index in [-0.39, 0.29) is 17.4 Å². The molecule has 5 nitrogen and oxygen atoms in total. The van der Waals surface area contributed by atoms with Crippen molar-refractivity contribution in [3.05, 3.63) is 41.4 Å². The predicted molar refractivity (Wildman–Crippen MR) is 86.7 cm³/mol. The van der Waals surface area contributed by atoms with E-state index in [2.05, 4.69) is 10.3 Å². The largest absolute Gasteiger partial charge is 0.344 e. The Morgan fingerprint density at radius 2 is 2.05 bits per heavy atom. The van der Waals surface area contributed by atoms with E-state index in [1.807, 2.05) is 30.3 Å². The smallest absolute Gasteiger partial charge is 0.271 e. The summed E-state index contributed by atoms with van der Waals surface area (Å²) < 4.78 is 23.2. The van der Waals surface area contributed by atoms with Crippen molar-refractivity contribution in [3.8, 4) is 10.6 Å². The minimum absolute atomic E-state index is 0.0125. The van der Waals surface area contributed by atoms with Gasteiger partial charge in [0.25, 0.3) is 5.91 Å². The molecule has 2 aromatic rings. The number of carbonyl (C=O) groups is 1. The van der Waals surface area contributed by atoms with Crippen molar-refractivity contribution in [2.75, 3.05) is 11.5 Å². The van der Waals surface area contributed by atoms with Gasteiger partial charge in [0.1, 0.15) is 10.7 Å². The topological polar surface area (TPSA) is 76.1 Å². The Balaban J connectivity index is 1.75. The molecule has 1 N–H and O–H groups in total. The molecule has 0 unspecified atom stereocenters. The van der Waals surface area contributed by atoms with Gasteiger partial charge in [-0.25, -0.2) is 13.4 Å². The van der Waals surface area contributed by atoms with Gasteiger partial charge in [0.05, 0.1) is 17.0 Å². The fourth-order valence-corrected chi connectivity index (χ4v) is 5.44. The van der Waals surface area contributed by atoms with Crippen LogP contribution in [0.3, 0.4) is 0 Å². The summed E-state index contributed by atoms with van der Waals surface area (Å²) in [5.41, 5.74) is 0.586. The van der Waals surface area contributed by atoms with Crippen molar-refractivity contribution in [2.45, 2.75) is 18.9 Å². The third kappa shape index (κ3) is 3.20. The van der Waals surface area contributed by atoms with Gasteiger partial charge in [-0.05, 0) is 13.3 Å². The molecule has 3 rings (SSSR count). The molecule has 1 fully saturated rings. The summed E-state index contributed by atoms with van der Waals surface area (Å²) in [5.74, 6) is -0.213. The molecule has 0 spiro atoms. The van der Waals surface area contributed by atoms with Crippen LogP contribution in [0.1, 0.15) is 23.8 Å². The van der Waals surface area contributed by atoms with Crippen LogP contribution in [0.5, 0.6) is 0 Å². The van der Waals surface area contributed by atoms with Crippen molar-refractivity contribution in [1.82, 2.24) is 10.3 Å². The van der Waals surface area contributed by atoms with Gasteiger partial charge in [0.15, 0.2) is 9.84 Å². The second kappa shape index (κ2) is 5.48. The van der Waals surface area contributed by atoms with Gasteiger partial charge < -0.3 is 5.32 Å². The number of benzene rings is 1. The van der Waals surface area contributed by atoms with Crippen molar-refractivity contribution < 1.29 is 13.2 Å². The number of thiazole rings is 1. The molecule has 1 amide bonds. The van der Waals surface area contributed by atoms with Gasteiger partial charge in [0.2, 0.25) is 0 Å². The molecular weight excluding hydrogens is 320 g/mol. The first-order chi connectivity index (χ1) is 10.4. The lowest BCUT2D eigenvalue weighted by Gasteiger charge is -2.23. The Kier molecular flexibility index (Phi) is 3.78. The number of sulfone groups is 1. The van der Waals surface area contributed by atoms with Crippen LogP contribution in [0.25, 0.3) is 10.6 Å². The average molecular weight is 336 g/mol. The monoisotopic (exact) mass is 336 g/mol. The predicted octanol–water partition coefficient (Wildman–Crippen LogP) is 2.12. The highest BCUT2D eigenvalue weighted by atomic mass is 32.2. The third-order valence-electron chi connectivity index (χ3n) is 3.68. The maximum absolute atomic E-state index is 12.3. The number of carbonyl (C=O) groups excluding carboxylic acids is 1. The Bertz CT molecular complexity index is 799. The number of rotatable bonds is 3. The summed E-state index contributed by atoms with van der Waals surface area (Å²) in [5, 5.41) is 5.29. The number of hydrogen-bond donors (Lipinski definition) is 1. The lowest BCUT2D eigenvalue weighted by molar-refractivity contribution is 0.0911. The van der Waals surface area contributed by atoms with E-state index in [9.17, 15) is 13.2 Å². The first-order valence-electron chi connectivity index (χ1n) is 6.91. The summed E-state index contributed by atoms with van der Waals surface area (Å²) in [4.78, 5) is 16.6. The normalized spacial score (nSPS) is 23.3. The van der Waals surface area contributed by atoms with E-state index in [1.54, 1.807) is 12.3 Å². The summed E-state index contributed by atoms with van der Waals surface area (Å²) >= 11 is 1.40. The standard InChI is InChI=1S/C15H16N2O3S2/c1-15(7-8-22(19,20)10-15)17-13(18)12-9-21-14(16-12)11-5-3-2-4-6-11/h2-6,9H,7-8,10H2,1H3,(H,17,18)/t15-/m1/s1. The lowest BCUT2D eigenvalue weighted by atomic mass is 10.0. The molecule has 1 aromatic carbocycles. The fraction of sp³-hybridized carbons (Fsp3) is 0.333. The van der Waals surface area contributed by atoms with Gasteiger partial charge >= 0.3 is 0 Å². The molecule has 0 aliphatic carbocycles. The summed E-state index contributed by atoms with van der Waals surface area (Å²) in [6.07, 6.45) is 0.441. The van der Waals surface area contributed by atoms with Gasteiger partial charge in [-0.15, -0.1) is 11.3 Å². The maximum Gasteiger partial charge on any atom is 0.271 e. The van der Waals surface area contributed by atoms with Crippen molar-refractivity contribution >= 4 is 27.1 Å². The average Bonchev–Trinajstić information content (AvgIpc) is 3.05. The zero-order chi connectivity index (χ0) is 15.8. The Labute approximate surface area is 133 Å². The number of aromatic nitrogens is 1. The van der Waals surface area contributed by atoms with E-state index < -0.39 is 15.4 Å². The van der Waals surface area contributed by atoms with Crippen LogP contribution in [-0.2, 0) is 9.84 Å². The quantitative estimate of drug-likeness (QED) is 0.931. The highest BCUT2D eigenvalue weighted by Gasteiger charge is 2.39. The SMILES string of the molecule is C[C@@]1(NC(=O)c2csc(-c3ccccc3)n2)CCS(=O)(=O)C1. The third-order valence-corrected chi connectivity index (χ3v) is 6.47. The van der Waals surface area contributed by atoms with Gasteiger partial charge in [0, 0.05) is 10.9 Å². The minimum Gasteiger partial charge on any atom is -0.344 e. The minimum atomic E-state index is -3.05. The van der Waals surface area contributed by atoms with Gasteiger partial charge in [-0.1, -0.05) is 30.3 Å². The van der Waals surface area contributed by atoms with E-state index >= 15 is 0 Å². The first-order valence-corrected chi connectivity index (χ1v) is 9.61. The summed E-state index contributed by atoms with van der Waals surface area (Å²) in [6.45, 7) is 1.76. The highest BCUT2D eigenvalue weighted by Crippen LogP contribution is 2.25. The number of amides is 1. The Morgan fingerprint density at radius 1 is 1.32 bits per heavy atom. The van der Waals surface area contributed by atoms with Crippen molar-refractivity contribution in [3.63, 3.8) is 0 Å². The van der Waals surface area contributed by atoms with Gasteiger partial charge in [-0.2, -0.15) is 0 Å². The van der Waals surface area contributed by atoms with Crippen LogP contribution in [-0.4, -0.2) is 36.4 Å². The lowest BCUT2D eigenvalue weighted by Crippen LogP contribution is -2.47. The van der Waals surface area contributed by atoms with Crippen LogP contribution in [0.4, 0.5) is 0 Å². The van der Waals surface area contributed by atoms with Crippen LogP contribution in [0, 0.1) is 0 Å². The van der Waals surface area contributed by atoms with E-state index in [4.69, 9.17) is 0 Å². The number of nitrogens with zero attached hydrogens (tertiary/aromatic N) is 1. The maximum atomic E-state index is 12.3. The molecule has 0 bridgehead atoms. The molecule has 1 atom stereocenters. The van der Waals surface area contributed by atoms with Crippen molar-refractivity contribution in [2.24, 2.45) is 0 Å². The van der Waals surface area contributed by atoms with Crippen LogP contribution >= 0.6 is 11.3 Å². The van der Waals surface area contributed by atoms with Crippen LogP contribution in [0.2, 0.25) is 0 Å². The van der Waals surface area contributed by atoms with E-state index in [0.717, 1.165) is 10.6 Å². The van der Waals surface area contributed by atoms with Crippen LogP contribution in [0.15, 0.2) is 35.7 Å². The van der Waals surface area contributed by atoms with Gasteiger partial charge in [-0.3, -0.25) is 4.79 Å². The van der Waals surface area contributed by atoms with E-state index in [0.29, 0.717) is 12.1 Å². The molecule has 1 aliphatic rings. The molecule has 1 saturated heterocycles. The van der Waals surface area contributed by atoms with Crippen LogP contribution < -0.4 is 5.32 Å². The molecule has 1 aromatic heterocycles. The molecule has 2 heterocycles. The first kappa shape index (κ1) is 15.2. The molecule has 1 aliphatic heterocycles.